The molecule has 0 aliphatic heterocycles. The first kappa shape index (κ1) is 15.1. The lowest BCUT2D eigenvalue weighted by molar-refractivity contribution is -0.137. The van der Waals surface area contributed by atoms with E-state index >= 15 is 0 Å². The van der Waals surface area contributed by atoms with Gasteiger partial charge in [0.1, 0.15) is 11.6 Å². The number of aromatic nitrogens is 1. The highest BCUT2D eigenvalue weighted by atomic mass is 16.5. The summed E-state index contributed by atoms with van der Waals surface area (Å²) in [4.78, 5) is 14.9. The minimum Gasteiger partial charge on any atom is -0.496 e. The third kappa shape index (κ3) is 3.84. The highest BCUT2D eigenvalue weighted by Gasteiger charge is 2.09. The van der Waals surface area contributed by atoms with E-state index in [-0.39, 0.29) is 12.3 Å². The van der Waals surface area contributed by atoms with Gasteiger partial charge in [-0.1, -0.05) is 19.1 Å². The number of carboxylic acid groups (broad SMARTS) is 1. The highest BCUT2D eigenvalue weighted by Crippen LogP contribution is 2.29. The lowest BCUT2D eigenvalue weighted by Crippen LogP contribution is -2.13. The van der Waals surface area contributed by atoms with E-state index in [4.69, 9.17) is 9.84 Å². The first-order chi connectivity index (χ1) is 10.1. The molecule has 0 spiro atoms. The molecule has 0 bridgehead atoms. The Morgan fingerprint density at radius 3 is 2.90 bits per heavy atom. The molecule has 0 amide bonds. The van der Waals surface area contributed by atoms with Gasteiger partial charge in [-0.05, 0) is 24.5 Å². The van der Waals surface area contributed by atoms with Gasteiger partial charge in [0, 0.05) is 29.9 Å². The van der Waals surface area contributed by atoms with Crippen molar-refractivity contribution in [3.05, 3.63) is 30.5 Å². The Morgan fingerprint density at radius 2 is 2.19 bits per heavy atom. The Bertz CT molecular complexity index is 628. The summed E-state index contributed by atoms with van der Waals surface area (Å²) in [5.41, 5.74) is 0. The summed E-state index contributed by atoms with van der Waals surface area (Å²) in [6.45, 7) is 2.72. The van der Waals surface area contributed by atoms with E-state index in [1.807, 2.05) is 31.2 Å². The van der Waals surface area contributed by atoms with Gasteiger partial charge >= 0.3 is 5.97 Å². The summed E-state index contributed by atoms with van der Waals surface area (Å²) >= 11 is 0. The molecule has 1 unspecified atom stereocenters. The maximum atomic E-state index is 10.6. The van der Waals surface area contributed by atoms with Crippen LogP contribution in [0.4, 0.5) is 5.82 Å². The maximum absolute atomic E-state index is 10.6. The van der Waals surface area contributed by atoms with Crippen molar-refractivity contribution in [2.24, 2.45) is 5.92 Å². The Balaban J connectivity index is 2.10. The first-order valence-electron chi connectivity index (χ1n) is 6.99. The fraction of sp³-hybridized carbons (Fsp3) is 0.375. The van der Waals surface area contributed by atoms with E-state index in [2.05, 4.69) is 10.3 Å². The molecule has 1 heterocycles. The van der Waals surface area contributed by atoms with Gasteiger partial charge in [-0.25, -0.2) is 4.98 Å². The van der Waals surface area contributed by atoms with Gasteiger partial charge in [-0.15, -0.1) is 0 Å². The average molecular weight is 288 g/mol. The molecule has 0 saturated carbocycles. The van der Waals surface area contributed by atoms with E-state index in [1.165, 1.54) is 0 Å². The van der Waals surface area contributed by atoms with Crippen LogP contribution in [-0.4, -0.2) is 29.7 Å². The van der Waals surface area contributed by atoms with Crippen LogP contribution < -0.4 is 10.1 Å². The Hall–Kier alpha value is -2.30. The molecule has 2 rings (SSSR count). The largest absolute Gasteiger partial charge is 0.496 e. The molecule has 0 aliphatic rings. The topological polar surface area (TPSA) is 71.5 Å². The van der Waals surface area contributed by atoms with Crippen LogP contribution in [0.2, 0.25) is 0 Å². The number of pyridine rings is 1. The molecule has 1 aromatic heterocycles. The molecule has 5 nitrogen and oxygen atoms in total. The summed E-state index contributed by atoms with van der Waals surface area (Å²) < 4.78 is 5.35. The number of hydrogen-bond donors (Lipinski definition) is 2. The van der Waals surface area contributed by atoms with Crippen LogP contribution in [0.1, 0.15) is 19.8 Å². The van der Waals surface area contributed by atoms with Crippen molar-refractivity contribution < 1.29 is 14.6 Å². The number of carbonyl (C=O) groups is 1. The number of aliphatic carboxylic acids is 1. The fourth-order valence-corrected chi connectivity index (χ4v) is 2.24. The molecule has 0 aliphatic carbocycles. The second kappa shape index (κ2) is 6.92. The van der Waals surface area contributed by atoms with Crippen LogP contribution in [0.15, 0.2) is 30.5 Å². The SMILES string of the molecule is COc1cccc2c(NCC(C)CCC(=O)O)nccc12. The number of benzene rings is 1. The molecule has 112 valence electrons. The molecule has 0 radical (unpaired) electrons. The Kier molecular flexibility index (Phi) is 4.98. The number of anilines is 1. The summed E-state index contributed by atoms with van der Waals surface area (Å²) in [6.07, 6.45) is 2.59. The summed E-state index contributed by atoms with van der Waals surface area (Å²) in [5, 5.41) is 14.0. The van der Waals surface area contributed by atoms with Crippen LogP contribution in [-0.2, 0) is 4.79 Å². The predicted octanol–water partition coefficient (Wildman–Crippen LogP) is 3.16. The molecule has 0 saturated heterocycles. The zero-order valence-electron chi connectivity index (χ0n) is 12.3. The van der Waals surface area contributed by atoms with Crippen LogP contribution >= 0.6 is 0 Å². The quantitative estimate of drug-likeness (QED) is 0.819. The molecular formula is C16H20N2O3. The van der Waals surface area contributed by atoms with E-state index in [0.29, 0.717) is 13.0 Å². The summed E-state index contributed by atoms with van der Waals surface area (Å²) in [6, 6.07) is 7.77. The predicted molar refractivity (Wildman–Crippen MR) is 82.8 cm³/mol. The van der Waals surface area contributed by atoms with Crippen molar-refractivity contribution in [2.75, 3.05) is 19.0 Å². The molecule has 2 aromatic rings. The summed E-state index contributed by atoms with van der Waals surface area (Å²) in [7, 11) is 1.65. The molecular weight excluding hydrogens is 268 g/mol. The van der Waals surface area contributed by atoms with Gasteiger partial charge in [0.05, 0.1) is 7.11 Å². The minimum atomic E-state index is -0.755. The number of ether oxygens (including phenoxy) is 1. The third-order valence-corrected chi connectivity index (χ3v) is 3.45. The second-order valence-electron chi connectivity index (χ2n) is 5.13. The number of rotatable bonds is 7. The Labute approximate surface area is 124 Å². The van der Waals surface area contributed by atoms with Gasteiger partial charge in [-0.2, -0.15) is 0 Å². The first-order valence-corrected chi connectivity index (χ1v) is 6.99. The lowest BCUT2D eigenvalue weighted by atomic mass is 10.1. The van der Waals surface area contributed by atoms with Crippen molar-refractivity contribution in [1.29, 1.82) is 0 Å². The molecule has 21 heavy (non-hydrogen) atoms. The van der Waals surface area contributed by atoms with Gasteiger partial charge in [0.15, 0.2) is 0 Å². The van der Waals surface area contributed by atoms with Gasteiger partial charge in [0.2, 0.25) is 0 Å². The smallest absolute Gasteiger partial charge is 0.303 e. The number of hydrogen-bond acceptors (Lipinski definition) is 4. The molecule has 2 N–H and O–H groups in total. The Morgan fingerprint density at radius 1 is 1.38 bits per heavy atom. The lowest BCUT2D eigenvalue weighted by Gasteiger charge is -2.14. The summed E-state index contributed by atoms with van der Waals surface area (Å²) in [5.74, 6) is 1.13. The van der Waals surface area contributed by atoms with Crippen molar-refractivity contribution in [2.45, 2.75) is 19.8 Å². The minimum absolute atomic E-state index is 0.194. The van der Waals surface area contributed by atoms with Gasteiger partial charge in [-0.3, -0.25) is 4.79 Å². The molecule has 1 atom stereocenters. The third-order valence-electron chi connectivity index (χ3n) is 3.45. The standard InChI is InChI=1S/C16H20N2O3/c1-11(6-7-15(19)20)10-18-16-13-4-3-5-14(21-2)12(13)8-9-17-16/h3-5,8-9,11H,6-7,10H2,1-2H3,(H,17,18)(H,19,20). The van der Waals surface area contributed by atoms with Crippen molar-refractivity contribution in [3.63, 3.8) is 0 Å². The van der Waals surface area contributed by atoms with E-state index in [0.717, 1.165) is 22.3 Å². The second-order valence-corrected chi connectivity index (χ2v) is 5.13. The highest BCUT2D eigenvalue weighted by molar-refractivity contribution is 5.95. The average Bonchev–Trinajstić information content (AvgIpc) is 2.50. The van der Waals surface area contributed by atoms with E-state index < -0.39 is 5.97 Å². The van der Waals surface area contributed by atoms with Gasteiger partial charge in [0.25, 0.3) is 0 Å². The van der Waals surface area contributed by atoms with Crippen molar-refractivity contribution in [1.82, 2.24) is 4.98 Å². The van der Waals surface area contributed by atoms with Crippen molar-refractivity contribution in [3.8, 4) is 5.75 Å². The normalized spacial score (nSPS) is 12.1. The van der Waals surface area contributed by atoms with Crippen molar-refractivity contribution >= 4 is 22.6 Å². The zero-order valence-corrected chi connectivity index (χ0v) is 12.3. The van der Waals surface area contributed by atoms with E-state index in [9.17, 15) is 4.79 Å². The number of nitrogens with zero attached hydrogens (tertiary/aromatic N) is 1. The fourth-order valence-electron chi connectivity index (χ4n) is 2.24. The molecule has 5 heteroatoms. The van der Waals surface area contributed by atoms with E-state index in [1.54, 1.807) is 13.3 Å². The number of carboxylic acids is 1. The van der Waals surface area contributed by atoms with Gasteiger partial charge < -0.3 is 15.2 Å². The number of fused-ring (bicyclic) bond motifs is 1. The monoisotopic (exact) mass is 288 g/mol. The van der Waals surface area contributed by atoms with Crippen LogP contribution in [0.3, 0.4) is 0 Å². The number of nitrogens with one attached hydrogen (secondary N) is 1. The zero-order chi connectivity index (χ0) is 15.2. The maximum Gasteiger partial charge on any atom is 0.303 e. The molecule has 1 aromatic carbocycles. The van der Waals surface area contributed by atoms with Crippen LogP contribution in [0.5, 0.6) is 5.75 Å². The number of methoxy groups -OCH3 is 1. The van der Waals surface area contributed by atoms with Crippen LogP contribution in [0, 0.1) is 5.92 Å². The molecule has 0 fully saturated rings. The van der Waals surface area contributed by atoms with Crippen LogP contribution in [0.25, 0.3) is 10.8 Å².